The van der Waals surface area contributed by atoms with Crippen molar-refractivity contribution < 1.29 is 26.3 Å². The lowest BCUT2D eigenvalue weighted by Gasteiger charge is -2.19. The molecule has 1 atom stereocenters. The zero-order valence-corrected chi connectivity index (χ0v) is 15.0. The SMILES string of the molecule is CCCCC[C@@H](CC)SCNc1ccc(C(F)(F)F)cc1C(F)(F)F. The minimum Gasteiger partial charge on any atom is -0.376 e. The summed E-state index contributed by atoms with van der Waals surface area (Å²) in [5.74, 6) is 0.221. The molecule has 0 aliphatic rings. The van der Waals surface area contributed by atoms with E-state index in [9.17, 15) is 26.3 Å². The Morgan fingerprint density at radius 3 is 2.20 bits per heavy atom. The molecule has 25 heavy (non-hydrogen) atoms. The number of nitrogens with one attached hydrogen (secondary N) is 1. The molecule has 0 amide bonds. The summed E-state index contributed by atoms with van der Waals surface area (Å²) in [7, 11) is 0. The Morgan fingerprint density at radius 1 is 1.00 bits per heavy atom. The van der Waals surface area contributed by atoms with Gasteiger partial charge in [0, 0.05) is 10.9 Å². The third-order valence-electron chi connectivity index (χ3n) is 3.82. The monoisotopic (exact) mass is 387 g/mol. The van der Waals surface area contributed by atoms with Crippen LogP contribution in [-0.2, 0) is 12.4 Å². The van der Waals surface area contributed by atoms with Crippen LogP contribution in [0.15, 0.2) is 18.2 Å². The minimum atomic E-state index is -4.85. The first-order chi connectivity index (χ1) is 11.6. The summed E-state index contributed by atoms with van der Waals surface area (Å²) in [5, 5.41) is 2.95. The number of benzene rings is 1. The van der Waals surface area contributed by atoms with Crippen molar-refractivity contribution >= 4 is 17.4 Å². The van der Waals surface area contributed by atoms with E-state index in [4.69, 9.17) is 0 Å². The number of rotatable bonds is 9. The van der Waals surface area contributed by atoms with Gasteiger partial charge in [-0.25, -0.2) is 0 Å². The first-order valence-corrected chi connectivity index (χ1v) is 9.28. The molecule has 144 valence electrons. The molecule has 0 unspecified atom stereocenters. The summed E-state index contributed by atoms with van der Waals surface area (Å²) in [4.78, 5) is 0. The normalized spacial score (nSPS) is 13.8. The molecule has 0 saturated heterocycles. The minimum absolute atomic E-state index is 0.158. The lowest BCUT2D eigenvalue weighted by Crippen LogP contribution is -2.15. The Hall–Kier alpha value is -1.05. The fourth-order valence-corrected chi connectivity index (χ4v) is 3.42. The van der Waals surface area contributed by atoms with E-state index in [1.54, 1.807) is 0 Å². The van der Waals surface area contributed by atoms with Crippen molar-refractivity contribution in [1.29, 1.82) is 0 Å². The molecule has 0 fully saturated rings. The molecule has 8 heteroatoms. The Balaban J connectivity index is 2.77. The van der Waals surface area contributed by atoms with Gasteiger partial charge in [0.25, 0.3) is 0 Å². The maximum absolute atomic E-state index is 13.1. The molecule has 0 radical (unpaired) electrons. The predicted molar refractivity (Wildman–Crippen MR) is 90.7 cm³/mol. The lowest BCUT2D eigenvalue weighted by molar-refractivity contribution is -0.142. The van der Waals surface area contributed by atoms with Crippen LogP contribution in [-0.4, -0.2) is 11.1 Å². The highest BCUT2D eigenvalue weighted by Crippen LogP contribution is 2.39. The number of hydrogen-bond acceptors (Lipinski definition) is 2. The van der Waals surface area contributed by atoms with Crippen molar-refractivity contribution in [1.82, 2.24) is 0 Å². The number of alkyl halides is 6. The summed E-state index contributed by atoms with van der Waals surface area (Å²) in [6.45, 7) is 4.11. The molecule has 1 aromatic rings. The summed E-state index contributed by atoms with van der Waals surface area (Å²) in [5.41, 5.74) is -2.91. The van der Waals surface area contributed by atoms with Gasteiger partial charge in [-0.05, 0) is 31.0 Å². The van der Waals surface area contributed by atoms with Crippen molar-refractivity contribution in [3.05, 3.63) is 29.3 Å². The Kier molecular flexibility index (Phi) is 8.44. The summed E-state index contributed by atoms with van der Waals surface area (Å²) < 4.78 is 77.1. The lowest BCUT2D eigenvalue weighted by atomic mass is 10.1. The highest BCUT2D eigenvalue weighted by atomic mass is 32.2. The van der Waals surface area contributed by atoms with Crippen LogP contribution in [0.4, 0.5) is 32.0 Å². The highest BCUT2D eigenvalue weighted by molar-refractivity contribution is 7.99. The van der Waals surface area contributed by atoms with E-state index in [-0.39, 0.29) is 17.6 Å². The molecule has 0 spiro atoms. The third kappa shape index (κ3) is 7.38. The van der Waals surface area contributed by atoms with E-state index >= 15 is 0 Å². The average Bonchev–Trinajstić information content (AvgIpc) is 2.51. The van der Waals surface area contributed by atoms with E-state index in [1.807, 2.05) is 6.92 Å². The Morgan fingerprint density at radius 2 is 1.68 bits per heavy atom. The van der Waals surface area contributed by atoms with Gasteiger partial charge in [-0.15, -0.1) is 11.8 Å². The molecule has 0 aliphatic heterocycles. The fraction of sp³-hybridized carbons (Fsp3) is 0.647. The van der Waals surface area contributed by atoms with Crippen molar-refractivity contribution in [2.24, 2.45) is 0 Å². The van der Waals surface area contributed by atoms with Crippen LogP contribution in [0.1, 0.15) is 57.1 Å². The highest BCUT2D eigenvalue weighted by Gasteiger charge is 2.38. The molecule has 0 bridgehead atoms. The summed E-state index contributed by atoms with van der Waals surface area (Å²) in [6.07, 6.45) is -4.50. The maximum atomic E-state index is 13.1. The Labute approximate surface area is 148 Å². The standard InChI is InChI=1S/C17H23F6NS/c1-3-5-6-7-13(4-2)25-11-24-15-9-8-12(16(18,19)20)10-14(15)17(21,22)23/h8-10,13,24H,3-7,11H2,1-2H3/t13-/m1/s1. The maximum Gasteiger partial charge on any atom is 0.418 e. The van der Waals surface area contributed by atoms with Crippen LogP contribution >= 0.6 is 11.8 Å². The van der Waals surface area contributed by atoms with Crippen LogP contribution < -0.4 is 5.32 Å². The topological polar surface area (TPSA) is 12.0 Å². The first-order valence-electron chi connectivity index (χ1n) is 8.23. The van der Waals surface area contributed by atoms with Gasteiger partial charge in [0.2, 0.25) is 0 Å². The predicted octanol–water partition coefficient (Wildman–Crippen LogP) is 7.19. The van der Waals surface area contributed by atoms with Crippen LogP contribution in [0.5, 0.6) is 0 Å². The molecule has 1 N–H and O–H groups in total. The van der Waals surface area contributed by atoms with Crippen LogP contribution in [0, 0.1) is 0 Å². The molecule has 1 aromatic carbocycles. The third-order valence-corrected chi connectivity index (χ3v) is 5.17. The molecule has 0 heterocycles. The molecular formula is C17H23F6NS. The molecule has 0 aliphatic carbocycles. The largest absolute Gasteiger partial charge is 0.418 e. The van der Waals surface area contributed by atoms with Gasteiger partial charge in [-0.3, -0.25) is 0 Å². The van der Waals surface area contributed by atoms with E-state index < -0.39 is 23.5 Å². The smallest absolute Gasteiger partial charge is 0.376 e. The Bertz CT molecular complexity index is 527. The van der Waals surface area contributed by atoms with Gasteiger partial charge in [0.05, 0.1) is 17.0 Å². The second-order valence-electron chi connectivity index (χ2n) is 5.77. The number of unbranched alkanes of at least 4 members (excludes halogenated alkanes) is 2. The van der Waals surface area contributed by atoms with Crippen molar-refractivity contribution in [2.75, 3.05) is 11.2 Å². The second-order valence-corrected chi connectivity index (χ2v) is 7.06. The van der Waals surface area contributed by atoms with E-state index in [1.165, 1.54) is 11.8 Å². The quantitative estimate of drug-likeness (QED) is 0.273. The molecule has 0 aromatic heterocycles. The van der Waals surface area contributed by atoms with Gasteiger partial charge < -0.3 is 5.32 Å². The first kappa shape index (κ1) is 22.0. The zero-order chi connectivity index (χ0) is 19.1. The second kappa shape index (κ2) is 9.59. The van der Waals surface area contributed by atoms with E-state index in [0.717, 1.165) is 38.2 Å². The van der Waals surface area contributed by atoms with E-state index in [0.29, 0.717) is 11.3 Å². The van der Waals surface area contributed by atoms with Crippen LogP contribution in [0.25, 0.3) is 0 Å². The van der Waals surface area contributed by atoms with Crippen molar-refractivity contribution in [3.63, 3.8) is 0 Å². The van der Waals surface area contributed by atoms with Gasteiger partial charge in [0.1, 0.15) is 0 Å². The van der Waals surface area contributed by atoms with Gasteiger partial charge >= 0.3 is 12.4 Å². The van der Waals surface area contributed by atoms with Crippen LogP contribution in [0.3, 0.4) is 0 Å². The van der Waals surface area contributed by atoms with E-state index in [2.05, 4.69) is 12.2 Å². The van der Waals surface area contributed by atoms with Gasteiger partial charge in [-0.2, -0.15) is 26.3 Å². The van der Waals surface area contributed by atoms with Gasteiger partial charge in [0.15, 0.2) is 0 Å². The summed E-state index contributed by atoms with van der Waals surface area (Å²) in [6, 6.07) is 1.68. The molecule has 1 rings (SSSR count). The number of halogens is 6. The summed E-state index contributed by atoms with van der Waals surface area (Å²) >= 11 is 1.50. The zero-order valence-electron chi connectivity index (χ0n) is 14.2. The van der Waals surface area contributed by atoms with Crippen molar-refractivity contribution in [3.8, 4) is 0 Å². The fourth-order valence-electron chi connectivity index (χ4n) is 2.37. The number of hydrogen-bond donors (Lipinski definition) is 1. The van der Waals surface area contributed by atoms with Crippen molar-refractivity contribution in [2.45, 2.75) is 63.6 Å². The van der Waals surface area contributed by atoms with Gasteiger partial charge in [-0.1, -0.05) is 33.1 Å². The van der Waals surface area contributed by atoms with Crippen LogP contribution in [0.2, 0.25) is 0 Å². The average molecular weight is 387 g/mol. The number of anilines is 1. The molecule has 0 saturated carbocycles. The molecule has 1 nitrogen and oxygen atoms in total. The number of thioether (sulfide) groups is 1. The molecular weight excluding hydrogens is 364 g/mol.